The molecule has 1 aromatic heterocycles. The number of H-pyrrole nitrogens is 1. The Morgan fingerprint density at radius 3 is 2.70 bits per heavy atom. The van der Waals surface area contributed by atoms with E-state index in [4.69, 9.17) is 11.6 Å². The monoisotopic (exact) mass is 467 g/mol. The number of benzene rings is 2. The summed E-state index contributed by atoms with van der Waals surface area (Å²) in [7, 11) is 0. The lowest BCUT2D eigenvalue weighted by molar-refractivity contribution is -0.139. The first-order valence-electron chi connectivity index (χ1n) is 11.3. The van der Waals surface area contributed by atoms with Gasteiger partial charge in [-0.15, -0.1) is 0 Å². The Hall–Kier alpha value is -2.96. The number of imidazole rings is 1. The van der Waals surface area contributed by atoms with Crippen LogP contribution < -0.4 is 5.32 Å². The third-order valence-electron chi connectivity index (χ3n) is 5.79. The number of carbonyl (C=O) groups excluding carboxylic acids is 1. The summed E-state index contributed by atoms with van der Waals surface area (Å²) in [5, 5.41) is 13.5. The Morgan fingerprint density at radius 1 is 1.21 bits per heavy atom. The molecule has 2 atom stereocenters. The Labute approximate surface area is 199 Å². The van der Waals surface area contributed by atoms with Crippen molar-refractivity contribution in [2.45, 2.75) is 51.0 Å². The highest BCUT2D eigenvalue weighted by Crippen LogP contribution is 2.32. The largest absolute Gasteiger partial charge is 0.480 e. The number of aromatic nitrogens is 2. The number of hydrogen-bond acceptors (Lipinski definition) is 4. The van der Waals surface area contributed by atoms with Gasteiger partial charge in [0.1, 0.15) is 18.2 Å². The molecule has 3 rings (SSSR count). The molecule has 0 spiro atoms. The number of rotatable bonds is 13. The lowest BCUT2D eigenvalue weighted by Crippen LogP contribution is -2.39. The number of hydrogen-bond donors (Lipinski definition) is 3. The van der Waals surface area contributed by atoms with Crippen LogP contribution in [0.3, 0.4) is 0 Å². The highest BCUT2D eigenvalue weighted by atomic mass is 35.5. The molecule has 3 N–H and O–H groups in total. The lowest BCUT2D eigenvalue weighted by Gasteiger charge is -2.17. The smallest absolute Gasteiger partial charge is 0.321 e. The van der Waals surface area contributed by atoms with Crippen LogP contribution in [0.2, 0.25) is 5.02 Å². The van der Waals surface area contributed by atoms with Crippen LogP contribution in [0.25, 0.3) is 0 Å². The Balaban J connectivity index is 1.64. The molecule has 0 amide bonds. The molecule has 0 bridgehead atoms. The zero-order chi connectivity index (χ0) is 23.6. The van der Waals surface area contributed by atoms with Gasteiger partial charge in [0.2, 0.25) is 0 Å². The quantitative estimate of drug-likeness (QED) is 0.306. The van der Waals surface area contributed by atoms with Gasteiger partial charge in [0.25, 0.3) is 0 Å². The summed E-state index contributed by atoms with van der Waals surface area (Å²) in [5.74, 6) is 0.0209. The molecule has 0 radical (unpaired) electrons. The number of unbranched alkanes of at least 4 members (excludes halogenated alkanes) is 1. The summed E-state index contributed by atoms with van der Waals surface area (Å²) >= 11 is 6.46. The first kappa shape index (κ1) is 24.7. The topological polar surface area (TPSA) is 95.1 Å². The summed E-state index contributed by atoms with van der Waals surface area (Å²) in [6.45, 7) is 2.63. The molecule has 33 heavy (non-hydrogen) atoms. The Bertz CT molecular complexity index is 1070. The predicted molar refractivity (Wildman–Crippen MR) is 130 cm³/mol. The van der Waals surface area contributed by atoms with Crippen molar-refractivity contribution < 1.29 is 14.7 Å². The molecule has 1 heterocycles. The maximum absolute atomic E-state index is 11.7. The van der Waals surface area contributed by atoms with Gasteiger partial charge in [0, 0.05) is 41.4 Å². The van der Waals surface area contributed by atoms with Crippen LogP contribution >= 0.6 is 11.6 Å². The molecule has 1 unspecified atom stereocenters. The van der Waals surface area contributed by atoms with E-state index in [-0.39, 0.29) is 12.3 Å². The van der Waals surface area contributed by atoms with Crippen molar-refractivity contribution in [1.29, 1.82) is 0 Å². The zero-order valence-electron chi connectivity index (χ0n) is 18.8. The van der Waals surface area contributed by atoms with Gasteiger partial charge in [0.15, 0.2) is 0 Å². The third kappa shape index (κ3) is 6.76. The molecule has 7 heteroatoms. The van der Waals surface area contributed by atoms with E-state index in [1.165, 1.54) is 0 Å². The maximum Gasteiger partial charge on any atom is 0.321 e. The van der Waals surface area contributed by atoms with Crippen molar-refractivity contribution in [3.63, 3.8) is 0 Å². The second-order valence-corrected chi connectivity index (χ2v) is 8.53. The SMILES string of the molecule is CCCCC(c1ncc(CCN[C@@H](Cc2ccccc2C=O)C(=O)O)[nH]1)c1ccccc1Cl. The number of aromatic amines is 1. The van der Waals surface area contributed by atoms with Gasteiger partial charge in [-0.1, -0.05) is 73.8 Å². The van der Waals surface area contributed by atoms with Gasteiger partial charge in [-0.3, -0.25) is 9.59 Å². The highest BCUT2D eigenvalue weighted by Gasteiger charge is 2.21. The van der Waals surface area contributed by atoms with Crippen molar-refractivity contribution in [2.24, 2.45) is 0 Å². The van der Waals surface area contributed by atoms with Gasteiger partial charge in [-0.05, 0) is 30.0 Å². The molecule has 174 valence electrons. The molecular formula is C26H30ClN3O3. The van der Waals surface area contributed by atoms with Crippen LogP contribution in [-0.4, -0.2) is 39.9 Å². The minimum Gasteiger partial charge on any atom is -0.480 e. The number of carboxylic acids is 1. The number of nitrogens with one attached hydrogen (secondary N) is 2. The molecule has 2 aromatic carbocycles. The minimum atomic E-state index is -0.945. The summed E-state index contributed by atoms with van der Waals surface area (Å²) in [5.41, 5.74) is 3.23. The van der Waals surface area contributed by atoms with E-state index in [2.05, 4.69) is 22.2 Å². The summed E-state index contributed by atoms with van der Waals surface area (Å²) in [6.07, 6.45) is 6.51. The molecule has 0 aliphatic rings. The maximum atomic E-state index is 11.7. The van der Waals surface area contributed by atoms with Gasteiger partial charge in [-0.2, -0.15) is 0 Å². The number of halogens is 1. The summed E-state index contributed by atoms with van der Waals surface area (Å²) < 4.78 is 0. The molecule has 0 aliphatic carbocycles. The molecule has 0 fully saturated rings. The zero-order valence-corrected chi connectivity index (χ0v) is 19.5. The van der Waals surface area contributed by atoms with Crippen molar-refractivity contribution in [3.8, 4) is 0 Å². The molecule has 6 nitrogen and oxygen atoms in total. The second kappa shape index (κ2) is 12.3. The molecule has 0 saturated heterocycles. The third-order valence-corrected chi connectivity index (χ3v) is 6.14. The average Bonchev–Trinajstić information content (AvgIpc) is 3.28. The lowest BCUT2D eigenvalue weighted by atomic mass is 9.93. The number of carboxylic acid groups (broad SMARTS) is 1. The minimum absolute atomic E-state index is 0.0898. The van der Waals surface area contributed by atoms with Crippen LogP contribution in [-0.2, 0) is 17.6 Å². The van der Waals surface area contributed by atoms with Crippen LogP contribution in [0.5, 0.6) is 0 Å². The number of aliphatic carboxylic acids is 1. The van der Waals surface area contributed by atoms with Gasteiger partial charge >= 0.3 is 5.97 Å². The predicted octanol–water partition coefficient (Wildman–Crippen LogP) is 5.03. The van der Waals surface area contributed by atoms with Crippen LogP contribution in [0, 0.1) is 0 Å². The standard InChI is InChI=1S/C26H30ClN3O3/c1-2-3-10-22(21-11-6-7-12-23(21)27)25-29-16-20(30-25)13-14-28-24(26(32)33)15-18-8-4-5-9-19(18)17-31/h4-9,11-12,16-17,22,24,28H,2-3,10,13-15H2,1H3,(H,29,30)(H,32,33)/t22?,24-/m0/s1. The van der Waals surface area contributed by atoms with E-state index < -0.39 is 12.0 Å². The first-order valence-corrected chi connectivity index (χ1v) is 11.7. The van der Waals surface area contributed by atoms with E-state index in [1.54, 1.807) is 24.3 Å². The molecule has 0 aliphatic heterocycles. The summed E-state index contributed by atoms with van der Waals surface area (Å²) in [4.78, 5) is 31.0. The van der Waals surface area contributed by atoms with Crippen molar-refractivity contribution >= 4 is 23.9 Å². The number of aldehydes is 1. The van der Waals surface area contributed by atoms with Gasteiger partial charge < -0.3 is 15.4 Å². The van der Waals surface area contributed by atoms with Crippen molar-refractivity contribution in [2.75, 3.05) is 6.54 Å². The number of nitrogens with zero attached hydrogens (tertiary/aromatic N) is 1. The fourth-order valence-electron chi connectivity index (χ4n) is 3.97. The fraction of sp³-hybridized carbons (Fsp3) is 0.346. The fourth-order valence-corrected chi connectivity index (χ4v) is 4.24. The van der Waals surface area contributed by atoms with Crippen molar-refractivity contribution in [1.82, 2.24) is 15.3 Å². The number of carbonyl (C=O) groups is 2. The molecule has 3 aromatic rings. The van der Waals surface area contributed by atoms with E-state index in [1.807, 2.05) is 30.5 Å². The van der Waals surface area contributed by atoms with E-state index in [0.717, 1.165) is 53.2 Å². The normalized spacial score (nSPS) is 12.9. The average molecular weight is 468 g/mol. The van der Waals surface area contributed by atoms with E-state index in [9.17, 15) is 14.7 Å². The Kier molecular flexibility index (Phi) is 9.22. The summed E-state index contributed by atoms with van der Waals surface area (Å²) in [6, 6.07) is 14.1. The van der Waals surface area contributed by atoms with Gasteiger partial charge in [0.05, 0.1) is 0 Å². The van der Waals surface area contributed by atoms with Crippen LogP contribution in [0.15, 0.2) is 54.7 Å². The molecular weight excluding hydrogens is 438 g/mol. The van der Waals surface area contributed by atoms with Crippen molar-refractivity contribution in [3.05, 3.63) is 88.0 Å². The van der Waals surface area contributed by atoms with E-state index in [0.29, 0.717) is 18.5 Å². The Morgan fingerprint density at radius 2 is 1.97 bits per heavy atom. The molecule has 0 saturated carbocycles. The second-order valence-electron chi connectivity index (χ2n) is 8.13. The van der Waals surface area contributed by atoms with Gasteiger partial charge in [-0.25, -0.2) is 4.98 Å². The first-order chi connectivity index (χ1) is 16.0. The highest BCUT2D eigenvalue weighted by molar-refractivity contribution is 6.31. The van der Waals surface area contributed by atoms with Crippen LogP contribution in [0.4, 0.5) is 0 Å². The van der Waals surface area contributed by atoms with Crippen LogP contribution in [0.1, 0.15) is 65.1 Å². The van der Waals surface area contributed by atoms with E-state index >= 15 is 0 Å².